The van der Waals surface area contributed by atoms with Gasteiger partial charge in [-0.2, -0.15) is 0 Å². The standard InChI is InChI=1S/C19H14N2O4.NO3/c20-13(19(23)24)7-10-5-6-16-14(8-10)21-18-12-4-2-1-3-11(12)15(22)9-17(18)25-16;2-1(3)4/h1-6,8-9,13H,7,20H2,(H,23,24);/q;-1/t13-;/m0./s1. The second-order valence-corrected chi connectivity index (χ2v) is 6.16. The average molecular weight is 396 g/mol. The van der Waals surface area contributed by atoms with Crippen LogP contribution in [0.2, 0.25) is 0 Å². The van der Waals surface area contributed by atoms with E-state index in [0.717, 1.165) is 10.9 Å². The van der Waals surface area contributed by atoms with E-state index in [0.29, 0.717) is 27.9 Å². The third kappa shape index (κ3) is 4.28. The van der Waals surface area contributed by atoms with Crippen LogP contribution in [0.5, 0.6) is 0 Å². The van der Waals surface area contributed by atoms with Gasteiger partial charge in [-0.15, -0.1) is 0 Å². The summed E-state index contributed by atoms with van der Waals surface area (Å²) in [5, 5.41) is 25.0. The number of fused-ring (bicyclic) bond motifs is 4. The number of hydrogen-bond donors (Lipinski definition) is 2. The van der Waals surface area contributed by atoms with Gasteiger partial charge in [0.25, 0.3) is 0 Å². The maximum atomic E-state index is 12.2. The summed E-state index contributed by atoms with van der Waals surface area (Å²) in [6, 6.07) is 12.9. The van der Waals surface area contributed by atoms with Gasteiger partial charge in [-0.1, -0.05) is 30.3 Å². The van der Waals surface area contributed by atoms with E-state index in [4.69, 9.17) is 30.6 Å². The molecule has 0 saturated carbocycles. The quantitative estimate of drug-likeness (QED) is 0.228. The van der Waals surface area contributed by atoms with E-state index in [2.05, 4.69) is 4.98 Å². The lowest BCUT2D eigenvalue weighted by Crippen LogP contribution is -2.32. The highest BCUT2D eigenvalue weighted by atomic mass is 16.9. The Morgan fingerprint density at radius 1 is 1.17 bits per heavy atom. The highest BCUT2D eigenvalue weighted by Gasteiger charge is 2.17. The number of carboxylic acid groups (broad SMARTS) is 1. The third-order valence-corrected chi connectivity index (χ3v) is 4.19. The van der Waals surface area contributed by atoms with Gasteiger partial charge in [0.1, 0.15) is 17.3 Å². The molecular formula is C19H14N3O7-. The summed E-state index contributed by atoms with van der Waals surface area (Å²) in [4.78, 5) is 36.0. The number of benzene rings is 3. The van der Waals surface area contributed by atoms with Crippen molar-refractivity contribution in [1.29, 1.82) is 0 Å². The Bertz CT molecular complexity index is 1250. The number of rotatable bonds is 3. The van der Waals surface area contributed by atoms with E-state index in [9.17, 15) is 9.59 Å². The molecule has 2 aromatic rings. The van der Waals surface area contributed by atoms with Gasteiger partial charge in [0, 0.05) is 16.8 Å². The summed E-state index contributed by atoms with van der Waals surface area (Å²) in [5.41, 5.74) is 7.95. The second-order valence-electron chi connectivity index (χ2n) is 6.16. The molecule has 4 rings (SSSR count). The predicted molar refractivity (Wildman–Crippen MR) is 104 cm³/mol. The predicted octanol–water partition coefficient (Wildman–Crippen LogP) is 2.16. The minimum atomic E-state index is -1.75. The Morgan fingerprint density at radius 2 is 1.83 bits per heavy atom. The molecule has 29 heavy (non-hydrogen) atoms. The smallest absolute Gasteiger partial charge is 0.320 e. The van der Waals surface area contributed by atoms with E-state index < -0.39 is 17.1 Å². The molecule has 2 aromatic carbocycles. The molecule has 0 bridgehead atoms. The first kappa shape index (κ1) is 19.7. The molecular weight excluding hydrogens is 382 g/mol. The zero-order valence-electron chi connectivity index (χ0n) is 14.8. The zero-order chi connectivity index (χ0) is 21.1. The molecule has 3 N–H and O–H groups in total. The first-order valence-corrected chi connectivity index (χ1v) is 8.31. The van der Waals surface area contributed by atoms with Crippen LogP contribution in [0.1, 0.15) is 5.56 Å². The van der Waals surface area contributed by atoms with Crippen molar-refractivity contribution in [2.24, 2.45) is 5.73 Å². The molecule has 10 nitrogen and oxygen atoms in total. The van der Waals surface area contributed by atoms with Crippen LogP contribution in [-0.2, 0) is 11.2 Å². The van der Waals surface area contributed by atoms with Gasteiger partial charge in [-0.05, 0) is 24.1 Å². The van der Waals surface area contributed by atoms with Crippen LogP contribution in [0.4, 0.5) is 0 Å². The molecule has 0 amide bonds. The molecule has 2 aliphatic rings. The molecule has 10 heteroatoms. The maximum Gasteiger partial charge on any atom is 0.320 e. The summed E-state index contributed by atoms with van der Waals surface area (Å²) < 4.78 is 5.83. The minimum absolute atomic E-state index is 0.114. The number of hydrogen-bond acceptors (Lipinski definition) is 8. The molecule has 1 atom stereocenters. The first-order valence-electron chi connectivity index (χ1n) is 8.31. The van der Waals surface area contributed by atoms with E-state index >= 15 is 0 Å². The third-order valence-electron chi connectivity index (χ3n) is 4.19. The lowest BCUT2D eigenvalue weighted by molar-refractivity contribution is -0.402. The lowest BCUT2D eigenvalue weighted by atomic mass is 10.0. The summed E-state index contributed by atoms with van der Waals surface area (Å²) in [5.74, 6) is -0.628. The van der Waals surface area contributed by atoms with Crippen molar-refractivity contribution in [2.45, 2.75) is 12.5 Å². The maximum absolute atomic E-state index is 12.2. The van der Waals surface area contributed by atoms with Gasteiger partial charge in [0.2, 0.25) is 0 Å². The molecule has 0 saturated heterocycles. The first-order chi connectivity index (χ1) is 13.8. The second kappa shape index (κ2) is 7.90. The molecule has 0 aromatic heterocycles. The number of nitrogens with two attached hydrogens (primary N) is 1. The Labute approximate surface area is 162 Å². The van der Waals surface area contributed by atoms with Crippen LogP contribution in [0.3, 0.4) is 0 Å². The summed E-state index contributed by atoms with van der Waals surface area (Å²) >= 11 is 0. The number of aliphatic carboxylic acids is 1. The summed E-state index contributed by atoms with van der Waals surface area (Å²) in [6.07, 6.45) is 0.200. The fraction of sp³-hybridized carbons (Fsp3) is 0.105. The monoisotopic (exact) mass is 396 g/mol. The lowest BCUT2D eigenvalue weighted by Gasteiger charge is -2.11. The highest BCUT2D eigenvalue weighted by molar-refractivity contribution is 5.96. The molecule has 1 heterocycles. The van der Waals surface area contributed by atoms with Crippen molar-refractivity contribution in [3.8, 4) is 11.5 Å². The largest absolute Gasteiger partial charge is 0.480 e. The van der Waals surface area contributed by atoms with Gasteiger partial charge >= 0.3 is 5.97 Å². The minimum Gasteiger partial charge on any atom is -0.480 e. The summed E-state index contributed by atoms with van der Waals surface area (Å²) in [7, 11) is 0. The van der Waals surface area contributed by atoms with Crippen molar-refractivity contribution in [2.75, 3.05) is 0 Å². The number of carbonyl (C=O) groups is 1. The molecule has 1 aliphatic carbocycles. The molecule has 1 aliphatic heterocycles. The van der Waals surface area contributed by atoms with Gasteiger partial charge < -0.3 is 30.6 Å². The van der Waals surface area contributed by atoms with Crippen LogP contribution in [-0.4, -0.2) is 27.2 Å². The van der Waals surface area contributed by atoms with Crippen LogP contribution in [0.25, 0.3) is 33.3 Å². The van der Waals surface area contributed by atoms with Gasteiger partial charge in [0.05, 0.1) is 5.09 Å². The topological polar surface area (TPSA) is 173 Å². The normalized spacial score (nSPS) is 11.8. The summed E-state index contributed by atoms with van der Waals surface area (Å²) in [6.45, 7) is 0. The number of nitrogens with zero attached hydrogens (tertiary/aromatic N) is 2. The molecule has 0 radical (unpaired) electrons. The Kier molecular flexibility index (Phi) is 5.37. The molecule has 0 spiro atoms. The van der Waals surface area contributed by atoms with Crippen molar-refractivity contribution in [3.05, 3.63) is 79.6 Å². The van der Waals surface area contributed by atoms with E-state index in [1.165, 1.54) is 6.07 Å². The van der Waals surface area contributed by atoms with Gasteiger partial charge in [0.15, 0.2) is 16.8 Å². The SMILES string of the molecule is N[C@@H](Cc1ccc2oc3cc(=O)c4ccccc4c-3nc2c1)C(=O)O.O=[N+]([O-])[O-]. The number of aromatic nitrogens is 1. The Hall–Kier alpha value is -4.05. The highest BCUT2D eigenvalue weighted by Crippen LogP contribution is 2.30. The van der Waals surface area contributed by atoms with Crippen molar-refractivity contribution in [1.82, 2.24) is 4.98 Å². The van der Waals surface area contributed by atoms with Gasteiger partial charge in [-0.25, -0.2) is 4.98 Å². The molecule has 0 unspecified atom stereocenters. The fourth-order valence-corrected chi connectivity index (χ4v) is 2.94. The van der Waals surface area contributed by atoms with E-state index in [-0.39, 0.29) is 11.8 Å². The van der Waals surface area contributed by atoms with Crippen molar-refractivity contribution in [3.63, 3.8) is 0 Å². The van der Waals surface area contributed by atoms with Crippen LogP contribution in [0, 0.1) is 15.3 Å². The number of carboxylic acids is 1. The Morgan fingerprint density at radius 3 is 2.48 bits per heavy atom. The van der Waals surface area contributed by atoms with Crippen molar-refractivity contribution >= 4 is 27.8 Å². The van der Waals surface area contributed by atoms with Crippen LogP contribution < -0.4 is 11.2 Å². The van der Waals surface area contributed by atoms with Crippen LogP contribution in [0.15, 0.2) is 57.7 Å². The fourth-order valence-electron chi connectivity index (χ4n) is 2.94. The van der Waals surface area contributed by atoms with Gasteiger partial charge in [-0.3, -0.25) is 9.59 Å². The molecule has 148 valence electrons. The van der Waals surface area contributed by atoms with E-state index in [1.807, 2.05) is 12.1 Å². The van der Waals surface area contributed by atoms with Crippen molar-refractivity contribution < 1.29 is 19.4 Å². The Balaban J connectivity index is 0.000000552. The average Bonchev–Trinajstić information content (AvgIpc) is 2.66. The van der Waals surface area contributed by atoms with E-state index in [1.54, 1.807) is 30.3 Å². The van der Waals surface area contributed by atoms with Crippen LogP contribution >= 0.6 is 0 Å². The molecule has 0 fully saturated rings. The zero-order valence-corrected chi connectivity index (χ0v) is 14.8.